The van der Waals surface area contributed by atoms with E-state index in [0.717, 1.165) is 30.8 Å². The molecule has 0 aliphatic carbocycles. The number of carbonyl (C=O) groups excluding carboxylic acids is 1. The summed E-state index contributed by atoms with van der Waals surface area (Å²) in [6, 6.07) is 13.2. The lowest BCUT2D eigenvalue weighted by Crippen LogP contribution is -2.15. The van der Waals surface area contributed by atoms with Gasteiger partial charge in [-0.3, -0.25) is 4.79 Å². The first-order valence-corrected chi connectivity index (χ1v) is 7.09. The molecule has 1 aliphatic heterocycles. The lowest BCUT2D eigenvalue weighted by molar-refractivity contribution is 0.102. The second-order valence-electron chi connectivity index (χ2n) is 5.06. The van der Waals surface area contributed by atoms with Gasteiger partial charge < -0.3 is 15.4 Å². The van der Waals surface area contributed by atoms with Crippen LogP contribution in [0, 0.1) is 0 Å². The Hall–Kier alpha value is -2.49. The van der Waals surface area contributed by atoms with Gasteiger partial charge in [-0.25, -0.2) is 0 Å². The highest BCUT2D eigenvalue weighted by atomic mass is 16.5. The molecule has 2 aromatic rings. The Balaban J connectivity index is 1.81. The molecule has 2 N–H and O–H groups in total. The molecule has 0 radical (unpaired) electrons. The maximum absolute atomic E-state index is 12.4. The summed E-state index contributed by atoms with van der Waals surface area (Å²) in [6.45, 7) is 1.01. The quantitative estimate of drug-likeness (QED) is 0.908. The number of ether oxygens (including phenoxy) is 1. The van der Waals surface area contributed by atoms with Crippen molar-refractivity contribution in [2.24, 2.45) is 0 Å². The van der Waals surface area contributed by atoms with E-state index >= 15 is 0 Å². The summed E-state index contributed by atoms with van der Waals surface area (Å²) >= 11 is 0. The highest BCUT2D eigenvalue weighted by molar-refractivity contribution is 6.06. The average Bonchev–Trinajstić information content (AvgIpc) is 2.54. The number of rotatable bonds is 3. The van der Waals surface area contributed by atoms with Gasteiger partial charge in [0.2, 0.25) is 0 Å². The van der Waals surface area contributed by atoms with Crippen molar-refractivity contribution in [3.8, 4) is 5.75 Å². The fourth-order valence-electron chi connectivity index (χ4n) is 2.58. The molecule has 1 heterocycles. The minimum Gasteiger partial charge on any atom is -0.496 e. The van der Waals surface area contributed by atoms with Crippen LogP contribution in [0.4, 0.5) is 11.4 Å². The minimum absolute atomic E-state index is 0.156. The lowest BCUT2D eigenvalue weighted by Gasteiger charge is -2.19. The van der Waals surface area contributed by atoms with Gasteiger partial charge in [0.1, 0.15) is 5.75 Å². The summed E-state index contributed by atoms with van der Waals surface area (Å²) in [7, 11) is 1.57. The van der Waals surface area contributed by atoms with Crippen LogP contribution in [0.3, 0.4) is 0 Å². The van der Waals surface area contributed by atoms with Crippen molar-refractivity contribution in [3.63, 3.8) is 0 Å². The molecule has 0 atom stereocenters. The zero-order valence-electron chi connectivity index (χ0n) is 12.0. The van der Waals surface area contributed by atoms with E-state index in [4.69, 9.17) is 4.74 Å². The summed E-state index contributed by atoms with van der Waals surface area (Å²) in [6.07, 6.45) is 2.16. The van der Waals surface area contributed by atoms with Gasteiger partial charge in [0.15, 0.2) is 0 Å². The third kappa shape index (κ3) is 2.84. The second-order valence-corrected chi connectivity index (χ2v) is 5.06. The van der Waals surface area contributed by atoms with Crippen LogP contribution in [-0.4, -0.2) is 19.6 Å². The van der Waals surface area contributed by atoms with Crippen LogP contribution >= 0.6 is 0 Å². The van der Waals surface area contributed by atoms with E-state index < -0.39 is 0 Å². The van der Waals surface area contributed by atoms with E-state index in [1.54, 1.807) is 19.2 Å². The third-order valence-corrected chi connectivity index (χ3v) is 3.65. The number of carbonyl (C=O) groups is 1. The molecule has 0 saturated heterocycles. The third-order valence-electron chi connectivity index (χ3n) is 3.65. The predicted octanol–water partition coefficient (Wildman–Crippen LogP) is 3.31. The van der Waals surface area contributed by atoms with Gasteiger partial charge >= 0.3 is 0 Å². The number of para-hydroxylation sites is 1. The number of fused-ring (bicyclic) bond motifs is 1. The van der Waals surface area contributed by atoms with Crippen molar-refractivity contribution >= 4 is 17.3 Å². The number of amides is 1. The first-order chi connectivity index (χ1) is 10.3. The number of methoxy groups -OCH3 is 1. The molecule has 21 heavy (non-hydrogen) atoms. The zero-order valence-corrected chi connectivity index (χ0v) is 12.0. The molecule has 0 aromatic heterocycles. The molecule has 0 saturated carbocycles. The number of hydrogen-bond acceptors (Lipinski definition) is 3. The van der Waals surface area contributed by atoms with Gasteiger partial charge in [0.05, 0.1) is 12.7 Å². The SMILES string of the molecule is COc1ccccc1C(=O)Nc1ccc2c(c1)CCCN2. The largest absolute Gasteiger partial charge is 0.496 e. The van der Waals surface area contributed by atoms with E-state index in [2.05, 4.69) is 10.6 Å². The Morgan fingerprint density at radius 3 is 2.95 bits per heavy atom. The number of anilines is 2. The molecule has 2 aromatic carbocycles. The molecule has 0 unspecified atom stereocenters. The maximum Gasteiger partial charge on any atom is 0.259 e. The van der Waals surface area contributed by atoms with E-state index in [-0.39, 0.29) is 5.91 Å². The van der Waals surface area contributed by atoms with Crippen molar-refractivity contribution < 1.29 is 9.53 Å². The molecular weight excluding hydrogens is 264 g/mol. The average molecular weight is 282 g/mol. The van der Waals surface area contributed by atoms with E-state index in [1.165, 1.54) is 5.56 Å². The Morgan fingerprint density at radius 1 is 1.24 bits per heavy atom. The van der Waals surface area contributed by atoms with Gasteiger partial charge in [0, 0.05) is 17.9 Å². The smallest absolute Gasteiger partial charge is 0.259 e. The number of nitrogens with one attached hydrogen (secondary N) is 2. The minimum atomic E-state index is -0.156. The molecular formula is C17H18N2O2. The fraction of sp³-hybridized carbons (Fsp3) is 0.235. The molecule has 4 heteroatoms. The van der Waals surface area contributed by atoms with Crippen molar-refractivity contribution in [1.29, 1.82) is 0 Å². The summed E-state index contributed by atoms with van der Waals surface area (Å²) < 4.78 is 5.22. The Labute approximate surface area is 124 Å². The van der Waals surface area contributed by atoms with Gasteiger partial charge in [-0.2, -0.15) is 0 Å². The van der Waals surface area contributed by atoms with Crippen LogP contribution in [0.5, 0.6) is 5.75 Å². The van der Waals surface area contributed by atoms with Gasteiger partial charge in [-0.15, -0.1) is 0 Å². The molecule has 1 amide bonds. The van der Waals surface area contributed by atoms with Gasteiger partial charge in [0.25, 0.3) is 5.91 Å². The van der Waals surface area contributed by atoms with Crippen molar-refractivity contribution in [2.45, 2.75) is 12.8 Å². The fourth-order valence-corrected chi connectivity index (χ4v) is 2.58. The van der Waals surface area contributed by atoms with E-state index in [0.29, 0.717) is 11.3 Å². The van der Waals surface area contributed by atoms with Crippen LogP contribution < -0.4 is 15.4 Å². The molecule has 0 bridgehead atoms. The van der Waals surface area contributed by atoms with E-state index in [9.17, 15) is 4.79 Å². The summed E-state index contributed by atoms with van der Waals surface area (Å²) in [5, 5.41) is 6.30. The number of aryl methyl sites for hydroxylation is 1. The topological polar surface area (TPSA) is 50.4 Å². The summed E-state index contributed by atoms with van der Waals surface area (Å²) in [5.41, 5.74) is 3.76. The van der Waals surface area contributed by atoms with Crippen LogP contribution in [0.2, 0.25) is 0 Å². The van der Waals surface area contributed by atoms with Crippen LogP contribution in [-0.2, 0) is 6.42 Å². The monoisotopic (exact) mass is 282 g/mol. The molecule has 0 spiro atoms. The van der Waals surface area contributed by atoms with Gasteiger partial charge in [-0.1, -0.05) is 12.1 Å². The van der Waals surface area contributed by atoms with Gasteiger partial charge in [-0.05, 0) is 48.7 Å². The highest BCUT2D eigenvalue weighted by Gasteiger charge is 2.13. The Bertz CT molecular complexity index is 668. The van der Waals surface area contributed by atoms with E-state index in [1.807, 2.05) is 30.3 Å². The molecule has 4 nitrogen and oxygen atoms in total. The highest BCUT2D eigenvalue weighted by Crippen LogP contribution is 2.26. The van der Waals surface area contributed by atoms with Crippen LogP contribution in [0.15, 0.2) is 42.5 Å². The Morgan fingerprint density at radius 2 is 2.10 bits per heavy atom. The lowest BCUT2D eigenvalue weighted by atomic mass is 10.0. The normalized spacial score (nSPS) is 13.0. The molecule has 108 valence electrons. The van der Waals surface area contributed by atoms with Crippen LogP contribution in [0.1, 0.15) is 22.3 Å². The first-order valence-electron chi connectivity index (χ1n) is 7.09. The Kier molecular flexibility index (Phi) is 3.77. The predicted molar refractivity (Wildman–Crippen MR) is 84.2 cm³/mol. The second kappa shape index (κ2) is 5.87. The van der Waals surface area contributed by atoms with Crippen molar-refractivity contribution in [1.82, 2.24) is 0 Å². The summed E-state index contributed by atoms with van der Waals surface area (Å²) in [4.78, 5) is 12.4. The number of hydrogen-bond donors (Lipinski definition) is 2. The van der Waals surface area contributed by atoms with Crippen LogP contribution in [0.25, 0.3) is 0 Å². The zero-order chi connectivity index (χ0) is 14.7. The summed E-state index contributed by atoms with van der Waals surface area (Å²) in [5.74, 6) is 0.422. The first kappa shape index (κ1) is 13.5. The molecule has 1 aliphatic rings. The van der Waals surface area contributed by atoms with Crippen molar-refractivity contribution in [2.75, 3.05) is 24.3 Å². The number of benzene rings is 2. The molecule has 0 fully saturated rings. The molecule has 3 rings (SSSR count). The maximum atomic E-state index is 12.4. The van der Waals surface area contributed by atoms with Crippen molar-refractivity contribution in [3.05, 3.63) is 53.6 Å². The standard InChI is InChI=1S/C17H18N2O2/c1-21-16-7-3-2-6-14(16)17(20)19-13-8-9-15-12(11-13)5-4-10-18-15/h2-3,6-9,11,18H,4-5,10H2,1H3,(H,19,20).